The number of hydrogen-bond donors (Lipinski definition) is 2. The molecule has 0 unspecified atom stereocenters. The van der Waals surface area contributed by atoms with Crippen LogP contribution in [-0.2, 0) is 11.3 Å². The van der Waals surface area contributed by atoms with Crippen molar-refractivity contribution in [2.75, 3.05) is 13.7 Å². The van der Waals surface area contributed by atoms with Crippen molar-refractivity contribution in [1.29, 1.82) is 0 Å². The van der Waals surface area contributed by atoms with Crippen LogP contribution < -0.4 is 20.5 Å². The zero-order valence-electron chi connectivity index (χ0n) is 14.2. The van der Waals surface area contributed by atoms with Crippen LogP contribution in [0.1, 0.15) is 39.7 Å². The first-order valence-corrected chi connectivity index (χ1v) is 7.62. The van der Waals surface area contributed by atoms with Crippen molar-refractivity contribution < 1.29 is 14.3 Å². The summed E-state index contributed by atoms with van der Waals surface area (Å²) >= 11 is 0. The predicted octanol–water partition coefficient (Wildman–Crippen LogP) is 2.47. The fourth-order valence-corrected chi connectivity index (χ4v) is 2.21. The molecule has 1 atom stereocenters. The van der Waals surface area contributed by atoms with E-state index in [9.17, 15) is 4.79 Å². The van der Waals surface area contributed by atoms with E-state index in [1.807, 2.05) is 39.0 Å². The van der Waals surface area contributed by atoms with Gasteiger partial charge in [0.25, 0.3) is 0 Å². The second-order valence-electron chi connectivity index (χ2n) is 6.42. The third-order valence-electron chi connectivity index (χ3n) is 3.35. The number of ether oxygens (including phenoxy) is 2. The minimum absolute atomic E-state index is 0.236. The average molecular weight is 308 g/mol. The molecule has 5 heteroatoms. The Bertz CT molecular complexity index is 495. The standard InChI is InChI=1S/C17H28N2O3/c1-6-9-22-13-8-7-12(10-14(13)21-5)11-19-15(16(18)20)17(2,3)4/h7-8,10,15,19H,6,9,11H2,1-5H3,(H2,18,20)/t15-/m0/s1. The molecule has 0 bridgehead atoms. The Hall–Kier alpha value is -1.75. The largest absolute Gasteiger partial charge is 0.493 e. The number of carbonyl (C=O) groups excluding carboxylic acids is 1. The van der Waals surface area contributed by atoms with Crippen LogP contribution in [0, 0.1) is 5.41 Å². The molecule has 124 valence electrons. The normalized spacial score (nSPS) is 12.8. The lowest BCUT2D eigenvalue weighted by atomic mass is 9.86. The molecule has 3 N–H and O–H groups in total. The molecule has 0 aliphatic rings. The summed E-state index contributed by atoms with van der Waals surface area (Å²) in [6.07, 6.45) is 0.943. The van der Waals surface area contributed by atoms with Crippen LogP contribution in [0.2, 0.25) is 0 Å². The summed E-state index contributed by atoms with van der Waals surface area (Å²) in [5.74, 6) is 1.08. The predicted molar refractivity (Wildman–Crippen MR) is 88.1 cm³/mol. The topological polar surface area (TPSA) is 73.6 Å². The van der Waals surface area contributed by atoms with Crippen LogP contribution in [0.5, 0.6) is 11.5 Å². The number of nitrogens with two attached hydrogens (primary N) is 1. The van der Waals surface area contributed by atoms with Crippen molar-refractivity contribution in [2.24, 2.45) is 11.1 Å². The van der Waals surface area contributed by atoms with E-state index >= 15 is 0 Å². The summed E-state index contributed by atoms with van der Waals surface area (Å²) in [4.78, 5) is 11.6. The highest BCUT2D eigenvalue weighted by atomic mass is 16.5. The van der Waals surface area contributed by atoms with Crippen LogP contribution in [0.4, 0.5) is 0 Å². The van der Waals surface area contributed by atoms with Gasteiger partial charge in [-0.2, -0.15) is 0 Å². The van der Waals surface area contributed by atoms with Gasteiger partial charge in [-0.1, -0.05) is 33.8 Å². The average Bonchev–Trinajstić information content (AvgIpc) is 2.43. The molecular formula is C17H28N2O3. The van der Waals surface area contributed by atoms with E-state index in [-0.39, 0.29) is 11.3 Å². The SMILES string of the molecule is CCCOc1ccc(CN[C@@H](C(N)=O)C(C)(C)C)cc1OC. The number of hydrogen-bond acceptors (Lipinski definition) is 4. The summed E-state index contributed by atoms with van der Waals surface area (Å²) < 4.78 is 11.0. The lowest BCUT2D eigenvalue weighted by molar-refractivity contribution is -0.122. The second kappa shape index (κ2) is 8.03. The number of primary amides is 1. The van der Waals surface area contributed by atoms with Gasteiger partial charge in [-0.25, -0.2) is 0 Å². The number of nitrogens with one attached hydrogen (secondary N) is 1. The van der Waals surface area contributed by atoms with Gasteiger partial charge in [-0.15, -0.1) is 0 Å². The van der Waals surface area contributed by atoms with Gasteiger partial charge in [-0.05, 0) is 29.5 Å². The molecule has 0 fully saturated rings. The van der Waals surface area contributed by atoms with Crippen molar-refractivity contribution >= 4 is 5.91 Å². The lowest BCUT2D eigenvalue weighted by Gasteiger charge is -2.29. The molecule has 1 rings (SSSR count). The molecule has 0 spiro atoms. The molecule has 0 aromatic heterocycles. The Balaban J connectivity index is 2.79. The second-order valence-corrected chi connectivity index (χ2v) is 6.42. The van der Waals surface area contributed by atoms with E-state index in [2.05, 4.69) is 12.2 Å². The number of methoxy groups -OCH3 is 1. The molecule has 1 amide bonds. The highest BCUT2D eigenvalue weighted by molar-refractivity contribution is 5.80. The van der Waals surface area contributed by atoms with Gasteiger partial charge in [-0.3, -0.25) is 4.79 Å². The number of carbonyl (C=O) groups is 1. The fourth-order valence-electron chi connectivity index (χ4n) is 2.21. The van der Waals surface area contributed by atoms with Gasteiger partial charge in [0, 0.05) is 6.54 Å². The van der Waals surface area contributed by atoms with Crippen molar-refractivity contribution in [3.63, 3.8) is 0 Å². The smallest absolute Gasteiger partial charge is 0.235 e. The first-order chi connectivity index (χ1) is 10.3. The minimum atomic E-state index is -0.394. The number of benzene rings is 1. The van der Waals surface area contributed by atoms with E-state index in [0.717, 1.165) is 17.7 Å². The summed E-state index contributed by atoms with van der Waals surface area (Å²) in [7, 11) is 1.62. The van der Waals surface area contributed by atoms with Gasteiger partial charge >= 0.3 is 0 Å². The van der Waals surface area contributed by atoms with Gasteiger partial charge in [0.1, 0.15) is 0 Å². The van der Waals surface area contributed by atoms with Gasteiger partial charge < -0.3 is 20.5 Å². The lowest BCUT2D eigenvalue weighted by Crippen LogP contribution is -2.49. The molecule has 0 aliphatic carbocycles. The van der Waals surface area contributed by atoms with E-state index in [4.69, 9.17) is 15.2 Å². The Kier molecular flexibility index (Phi) is 6.68. The van der Waals surface area contributed by atoms with Crippen LogP contribution in [-0.4, -0.2) is 25.7 Å². The van der Waals surface area contributed by atoms with Crippen molar-refractivity contribution in [2.45, 2.75) is 46.7 Å². The van der Waals surface area contributed by atoms with E-state index in [0.29, 0.717) is 18.9 Å². The first kappa shape index (κ1) is 18.3. The molecule has 0 aliphatic heterocycles. The molecule has 22 heavy (non-hydrogen) atoms. The van der Waals surface area contributed by atoms with E-state index in [1.165, 1.54) is 0 Å². The molecule has 0 saturated carbocycles. The van der Waals surface area contributed by atoms with E-state index < -0.39 is 6.04 Å². The maximum absolute atomic E-state index is 11.6. The van der Waals surface area contributed by atoms with Crippen LogP contribution in [0.3, 0.4) is 0 Å². The molecule has 5 nitrogen and oxygen atoms in total. The zero-order chi connectivity index (χ0) is 16.8. The molecule has 0 saturated heterocycles. The summed E-state index contributed by atoms with van der Waals surface area (Å²) in [5.41, 5.74) is 6.25. The molecule has 1 aromatic carbocycles. The van der Waals surface area contributed by atoms with Crippen LogP contribution in [0.15, 0.2) is 18.2 Å². The molecular weight excluding hydrogens is 280 g/mol. The third kappa shape index (κ3) is 5.22. The quantitative estimate of drug-likeness (QED) is 0.774. The zero-order valence-corrected chi connectivity index (χ0v) is 14.2. The van der Waals surface area contributed by atoms with Gasteiger partial charge in [0.2, 0.25) is 5.91 Å². The van der Waals surface area contributed by atoms with Crippen molar-refractivity contribution in [3.05, 3.63) is 23.8 Å². The number of amides is 1. The van der Waals surface area contributed by atoms with E-state index in [1.54, 1.807) is 7.11 Å². The Labute approximate surface area is 133 Å². The highest BCUT2D eigenvalue weighted by Gasteiger charge is 2.28. The maximum atomic E-state index is 11.6. The van der Waals surface area contributed by atoms with Crippen molar-refractivity contribution in [3.8, 4) is 11.5 Å². The van der Waals surface area contributed by atoms with Crippen LogP contribution >= 0.6 is 0 Å². The third-order valence-corrected chi connectivity index (χ3v) is 3.35. The minimum Gasteiger partial charge on any atom is -0.493 e. The number of rotatable bonds is 8. The Morgan fingerprint density at radius 1 is 1.32 bits per heavy atom. The summed E-state index contributed by atoms with van der Waals surface area (Å²) in [6.45, 7) is 9.20. The van der Waals surface area contributed by atoms with Gasteiger partial charge in [0.05, 0.1) is 19.8 Å². The molecule has 0 heterocycles. The molecule has 0 radical (unpaired) electrons. The van der Waals surface area contributed by atoms with Crippen molar-refractivity contribution in [1.82, 2.24) is 5.32 Å². The monoisotopic (exact) mass is 308 g/mol. The first-order valence-electron chi connectivity index (χ1n) is 7.62. The Morgan fingerprint density at radius 2 is 2.00 bits per heavy atom. The highest BCUT2D eigenvalue weighted by Crippen LogP contribution is 2.28. The maximum Gasteiger partial charge on any atom is 0.235 e. The van der Waals surface area contributed by atoms with Gasteiger partial charge in [0.15, 0.2) is 11.5 Å². The summed E-state index contributed by atoms with van der Waals surface area (Å²) in [6, 6.07) is 5.37. The van der Waals surface area contributed by atoms with Crippen LogP contribution in [0.25, 0.3) is 0 Å². The molecule has 1 aromatic rings. The Morgan fingerprint density at radius 3 is 2.50 bits per heavy atom. The summed E-state index contributed by atoms with van der Waals surface area (Å²) in [5, 5.41) is 3.22. The fraction of sp³-hybridized carbons (Fsp3) is 0.588.